The summed E-state index contributed by atoms with van der Waals surface area (Å²) in [6, 6.07) is 7.55. The van der Waals surface area contributed by atoms with Crippen molar-refractivity contribution in [2.75, 3.05) is 19.6 Å². The lowest BCUT2D eigenvalue weighted by Crippen LogP contribution is -2.46. The largest absolute Gasteiger partial charge is 0.488 e. The molecule has 1 aromatic rings. The number of rotatable bonds is 3. The van der Waals surface area contributed by atoms with Gasteiger partial charge < -0.3 is 20.7 Å². The van der Waals surface area contributed by atoms with E-state index in [1.165, 1.54) is 5.56 Å². The number of likely N-dealkylation sites (tertiary alicyclic amines) is 1. The summed E-state index contributed by atoms with van der Waals surface area (Å²) in [6.45, 7) is 1.63. The molecule has 1 saturated heterocycles. The Kier molecular flexibility index (Phi) is 4.18. The summed E-state index contributed by atoms with van der Waals surface area (Å²) in [6.07, 6.45) is 2.17. The van der Waals surface area contributed by atoms with Gasteiger partial charge in [0.15, 0.2) is 0 Å². The standard InChI is InChI=1S/C16H21N3O3/c17-16(21)19-7-5-11(6-8-19)15(20)18-10-13-9-12-3-1-2-4-14(12)22-13/h1-4,11,13H,5-10H2,(H2,17,21)(H,18,20). The van der Waals surface area contributed by atoms with Gasteiger partial charge in [0.05, 0.1) is 6.54 Å². The number of fused-ring (bicyclic) bond motifs is 1. The van der Waals surface area contributed by atoms with Gasteiger partial charge in [-0.2, -0.15) is 0 Å². The van der Waals surface area contributed by atoms with E-state index < -0.39 is 6.03 Å². The van der Waals surface area contributed by atoms with Crippen molar-refractivity contribution in [3.63, 3.8) is 0 Å². The van der Waals surface area contributed by atoms with Crippen LogP contribution in [-0.2, 0) is 11.2 Å². The normalized spacial score (nSPS) is 21.1. The molecule has 0 spiro atoms. The number of primary amides is 1. The zero-order valence-electron chi connectivity index (χ0n) is 12.5. The van der Waals surface area contributed by atoms with Gasteiger partial charge >= 0.3 is 6.03 Å². The first-order valence-corrected chi connectivity index (χ1v) is 7.70. The van der Waals surface area contributed by atoms with E-state index in [0.717, 1.165) is 12.2 Å². The van der Waals surface area contributed by atoms with Crippen molar-refractivity contribution in [2.45, 2.75) is 25.4 Å². The van der Waals surface area contributed by atoms with Gasteiger partial charge in [0.2, 0.25) is 5.91 Å². The SMILES string of the molecule is NC(=O)N1CCC(C(=O)NCC2Cc3ccccc3O2)CC1. The molecule has 2 heterocycles. The number of hydrogen-bond acceptors (Lipinski definition) is 3. The van der Waals surface area contributed by atoms with Crippen LogP contribution in [0, 0.1) is 5.92 Å². The topological polar surface area (TPSA) is 84.7 Å². The lowest BCUT2D eigenvalue weighted by Gasteiger charge is -2.30. The quantitative estimate of drug-likeness (QED) is 0.870. The van der Waals surface area contributed by atoms with Gasteiger partial charge in [-0.3, -0.25) is 4.79 Å². The number of benzene rings is 1. The van der Waals surface area contributed by atoms with E-state index in [9.17, 15) is 9.59 Å². The predicted octanol–water partition coefficient (Wildman–Crippen LogP) is 0.897. The summed E-state index contributed by atoms with van der Waals surface area (Å²) >= 11 is 0. The molecule has 1 unspecified atom stereocenters. The summed E-state index contributed by atoms with van der Waals surface area (Å²) in [4.78, 5) is 24.9. The molecule has 6 nitrogen and oxygen atoms in total. The minimum absolute atomic E-state index is 0.00654. The average Bonchev–Trinajstić information content (AvgIpc) is 2.95. The Morgan fingerprint density at radius 2 is 2.00 bits per heavy atom. The van der Waals surface area contributed by atoms with Crippen molar-refractivity contribution >= 4 is 11.9 Å². The highest BCUT2D eigenvalue weighted by Crippen LogP contribution is 2.27. The van der Waals surface area contributed by atoms with Crippen LogP contribution < -0.4 is 15.8 Å². The third kappa shape index (κ3) is 3.16. The third-order valence-electron chi connectivity index (χ3n) is 4.40. The monoisotopic (exact) mass is 303 g/mol. The number of nitrogens with zero attached hydrogens (tertiary/aromatic N) is 1. The Bertz CT molecular complexity index is 543. The number of ether oxygens (including phenoxy) is 1. The molecule has 0 aromatic heterocycles. The number of amides is 3. The zero-order chi connectivity index (χ0) is 15.5. The maximum atomic E-state index is 12.2. The van der Waals surface area contributed by atoms with E-state index >= 15 is 0 Å². The van der Waals surface area contributed by atoms with Crippen LogP contribution in [-0.4, -0.2) is 42.6 Å². The molecule has 1 atom stereocenters. The highest BCUT2D eigenvalue weighted by molar-refractivity contribution is 5.79. The molecule has 118 valence electrons. The number of hydrogen-bond donors (Lipinski definition) is 2. The second-order valence-electron chi connectivity index (χ2n) is 5.90. The highest BCUT2D eigenvalue weighted by atomic mass is 16.5. The molecule has 0 aliphatic carbocycles. The van der Waals surface area contributed by atoms with Crippen molar-refractivity contribution in [1.82, 2.24) is 10.2 Å². The van der Waals surface area contributed by atoms with Crippen LogP contribution >= 0.6 is 0 Å². The zero-order valence-corrected chi connectivity index (χ0v) is 12.5. The lowest BCUT2D eigenvalue weighted by atomic mass is 9.96. The Hall–Kier alpha value is -2.24. The lowest BCUT2D eigenvalue weighted by molar-refractivity contribution is -0.126. The fourth-order valence-corrected chi connectivity index (χ4v) is 3.09. The number of nitrogens with two attached hydrogens (primary N) is 1. The molecular weight excluding hydrogens is 282 g/mol. The van der Waals surface area contributed by atoms with Gasteiger partial charge in [0.1, 0.15) is 11.9 Å². The number of carbonyl (C=O) groups is 2. The Morgan fingerprint density at radius 1 is 1.27 bits per heavy atom. The molecule has 3 rings (SSSR count). The smallest absolute Gasteiger partial charge is 0.314 e. The van der Waals surface area contributed by atoms with Gasteiger partial charge in [0.25, 0.3) is 0 Å². The first kappa shape index (κ1) is 14.7. The summed E-state index contributed by atoms with van der Waals surface area (Å²) in [5, 5.41) is 2.97. The second kappa shape index (κ2) is 6.25. The number of carbonyl (C=O) groups excluding carboxylic acids is 2. The minimum atomic E-state index is -0.407. The molecule has 0 saturated carbocycles. The molecule has 6 heteroatoms. The molecule has 1 aromatic carbocycles. The van der Waals surface area contributed by atoms with E-state index in [4.69, 9.17) is 10.5 Å². The number of nitrogens with one attached hydrogen (secondary N) is 1. The predicted molar refractivity (Wildman–Crippen MR) is 81.5 cm³/mol. The van der Waals surface area contributed by atoms with E-state index in [1.807, 2.05) is 18.2 Å². The number of para-hydroxylation sites is 1. The molecule has 3 amide bonds. The van der Waals surface area contributed by atoms with Crippen LogP contribution in [0.4, 0.5) is 4.79 Å². The summed E-state index contributed by atoms with van der Waals surface area (Å²) in [7, 11) is 0. The number of urea groups is 1. The van der Waals surface area contributed by atoms with Gasteiger partial charge in [-0.1, -0.05) is 18.2 Å². The van der Waals surface area contributed by atoms with Gasteiger partial charge in [-0.25, -0.2) is 4.79 Å². The average molecular weight is 303 g/mol. The number of piperidine rings is 1. The van der Waals surface area contributed by atoms with Gasteiger partial charge in [-0.05, 0) is 24.5 Å². The van der Waals surface area contributed by atoms with E-state index in [-0.39, 0.29) is 17.9 Å². The Labute approximate surface area is 129 Å². The van der Waals surface area contributed by atoms with Crippen molar-refractivity contribution in [1.29, 1.82) is 0 Å². The molecule has 1 fully saturated rings. The van der Waals surface area contributed by atoms with E-state index in [0.29, 0.717) is 32.5 Å². The molecule has 22 heavy (non-hydrogen) atoms. The molecular formula is C16H21N3O3. The van der Waals surface area contributed by atoms with Crippen molar-refractivity contribution in [3.8, 4) is 5.75 Å². The minimum Gasteiger partial charge on any atom is -0.488 e. The Morgan fingerprint density at radius 3 is 2.68 bits per heavy atom. The summed E-state index contributed by atoms with van der Waals surface area (Å²) in [5.41, 5.74) is 6.43. The Balaban J connectivity index is 1.43. The van der Waals surface area contributed by atoms with Crippen LogP contribution in [0.25, 0.3) is 0 Å². The fraction of sp³-hybridized carbons (Fsp3) is 0.500. The third-order valence-corrected chi connectivity index (χ3v) is 4.40. The molecule has 0 radical (unpaired) electrons. The van der Waals surface area contributed by atoms with Crippen LogP contribution in [0.3, 0.4) is 0 Å². The van der Waals surface area contributed by atoms with Crippen LogP contribution in [0.2, 0.25) is 0 Å². The second-order valence-corrected chi connectivity index (χ2v) is 5.90. The van der Waals surface area contributed by atoms with Crippen molar-refractivity contribution < 1.29 is 14.3 Å². The molecule has 2 aliphatic heterocycles. The van der Waals surface area contributed by atoms with Crippen molar-refractivity contribution in [3.05, 3.63) is 29.8 Å². The van der Waals surface area contributed by atoms with E-state index in [1.54, 1.807) is 4.90 Å². The van der Waals surface area contributed by atoms with Crippen LogP contribution in [0.5, 0.6) is 5.75 Å². The fourth-order valence-electron chi connectivity index (χ4n) is 3.09. The van der Waals surface area contributed by atoms with Gasteiger partial charge in [0, 0.05) is 25.4 Å². The van der Waals surface area contributed by atoms with E-state index in [2.05, 4.69) is 11.4 Å². The molecule has 3 N–H and O–H groups in total. The summed E-state index contributed by atoms with van der Waals surface area (Å²) in [5.74, 6) is 0.916. The molecule has 2 aliphatic rings. The van der Waals surface area contributed by atoms with Crippen LogP contribution in [0.15, 0.2) is 24.3 Å². The summed E-state index contributed by atoms with van der Waals surface area (Å²) < 4.78 is 5.81. The van der Waals surface area contributed by atoms with Crippen LogP contribution in [0.1, 0.15) is 18.4 Å². The first-order chi connectivity index (χ1) is 10.6. The maximum Gasteiger partial charge on any atom is 0.314 e. The van der Waals surface area contributed by atoms with Gasteiger partial charge in [-0.15, -0.1) is 0 Å². The van der Waals surface area contributed by atoms with Crippen molar-refractivity contribution in [2.24, 2.45) is 11.7 Å². The first-order valence-electron chi connectivity index (χ1n) is 7.70. The molecule has 0 bridgehead atoms. The highest BCUT2D eigenvalue weighted by Gasteiger charge is 2.28. The maximum absolute atomic E-state index is 12.2.